The first-order chi connectivity index (χ1) is 9.68. The fraction of sp³-hybridized carbons (Fsp3) is 0.667. The van der Waals surface area contributed by atoms with Crippen molar-refractivity contribution >= 4 is 0 Å². The smallest absolute Gasteiger partial charge is 0.107 e. The molecule has 3 rings (SSSR count). The van der Waals surface area contributed by atoms with E-state index in [1.807, 2.05) is 19.9 Å². The minimum atomic E-state index is -0.954. The van der Waals surface area contributed by atoms with Crippen LogP contribution in [0.25, 0.3) is 0 Å². The molecule has 0 saturated carbocycles. The Bertz CT molecular complexity index is 566. The maximum atomic E-state index is 11.7. The van der Waals surface area contributed by atoms with E-state index in [1.165, 1.54) is 11.1 Å². The van der Waals surface area contributed by atoms with Crippen LogP contribution >= 0.6 is 0 Å². The molecule has 0 bridgehead atoms. The van der Waals surface area contributed by atoms with Crippen molar-refractivity contribution in [1.82, 2.24) is 0 Å². The average molecular weight is 289 g/mol. The molecule has 1 heterocycles. The van der Waals surface area contributed by atoms with Gasteiger partial charge in [0.2, 0.25) is 0 Å². The van der Waals surface area contributed by atoms with E-state index in [1.54, 1.807) is 0 Å². The number of nitrogens with two attached hydrogens (primary N) is 1. The van der Waals surface area contributed by atoms with Crippen LogP contribution in [0.15, 0.2) is 24.3 Å². The molecule has 3 N–H and O–H groups in total. The summed E-state index contributed by atoms with van der Waals surface area (Å²) in [6, 6.07) is 8.40. The molecule has 21 heavy (non-hydrogen) atoms. The van der Waals surface area contributed by atoms with Crippen molar-refractivity contribution in [2.75, 3.05) is 6.54 Å². The maximum absolute atomic E-state index is 11.7. The lowest BCUT2D eigenvalue weighted by Gasteiger charge is -2.49. The van der Waals surface area contributed by atoms with E-state index in [0.29, 0.717) is 13.0 Å². The molecule has 3 heteroatoms. The van der Waals surface area contributed by atoms with Gasteiger partial charge in [-0.1, -0.05) is 24.3 Å². The van der Waals surface area contributed by atoms with Crippen LogP contribution in [-0.4, -0.2) is 28.5 Å². The van der Waals surface area contributed by atoms with Crippen LogP contribution in [0.3, 0.4) is 0 Å². The lowest BCUT2D eigenvalue weighted by molar-refractivity contribution is -0.155. The zero-order chi connectivity index (χ0) is 15.5. The Labute approximate surface area is 127 Å². The number of benzene rings is 1. The first-order valence-corrected chi connectivity index (χ1v) is 7.89. The molecule has 1 aromatic carbocycles. The lowest BCUT2D eigenvalue weighted by atomic mass is 9.60. The summed E-state index contributed by atoms with van der Waals surface area (Å²) in [6.45, 7) is 8.55. The van der Waals surface area contributed by atoms with Crippen molar-refractivity contribution in [3.05, 3.63) is 35.4 Å². The third-order valence-electron chi connectivity index (χ3n) is 5.70. The molecule has 1 aliphatic heterocycles. The van der Waals surface area contributed by atoms with E-state index in [9.17, 15) is 5.11 Å². The fourth-order valence-electron chi connectivity index (χ4n) is 4.88. The first-order valence-electron chi connectivity index (χ1n) is 7.89. The molecule has 0 radical (unpaired) electrons. The highest BCUT2D eigenvalue weighted by atomic mass is 16.5. The van der Waals surface area contributed by atoms with Gasteiger partial charge >= 0.3 is 0 Å². The average Bonchev–Trinajstić information content (AvgIpc) is 2.83. The minimum Gasteiger partial charge on any atom is -0.386 e. The second-order valence-corrected chi connectivity index (χ2v) is 7.85. The van der Waals surface area contributed by atoms with Crippen molar-refractivity contribution in [3.8, 4) is 0 Å². The van der Waals surface area contributed by atoms with Crippen molar-refractivity contribution in [3.63, 3.8) is 0 Å². The summed E-state index contributed by atoms with van der Waals surface area (Å²) in [4.78, 5) is 0. The quantitative estimate of drug-likeness (QED) is 0.879. The molecule has 1 aliphatic carbocycles. The molecule has 2 aliphatic rings. The van der Waals surface area contributed by atoms with Crippen LogP contribution in [0.2, 0.25) is 0 Å². The van der Waals surface area contributed by atoms with E-state index in [-0.39, 0.29) is 5.60 Å². The number of aliphatic hydroxyl groups is 1. The van der Waals surface area contributed by atoms with Gasteiger partial charge in [-0.05, 0) is 51.7 Å². The largest absolute Gasteiger partial charge is 0.386 e. The topological polar surface area (TPSA) is 55.5 Å². The summed E-state index contributed by atoms with van der Waals surface area (Å²) < 4.78 is 6.20. The lowest BCUT2D eigenvalue weighted by Crippen LogP contribution is -2.63. The van der Waals surface area contributed by atoms with Gasteiger partial charge in [0, 0.05) is 18.4 Å². The maximum Gasteiger partial charge on any atom is 0.107 e. The molecule has 3 nitrogen and oxygen atoms in total. The summed E-state index contributed by atoms with van der Waals surface area (Å²) in [5, 5.41) is 11.7. The summed E-state index contributed by atoms with van der Waals surface area (Å²) in [7, 11) is 0. The summed E-state index contributed by atoms with van der Waals surface area (Å²) in [6.07, 6.45) is 2.48. The zero-order valence-corrected chi connectivity index (χ0v) is 13.6. The van der Waals surface area contributed by atoms with Gasteiger partial charge in [0.05, 0.1) is 11.2 Å². The van der Waals surface area contributed by atoms with Gasteiger partial charge in [0.1, 0.15) is 5.60 Å². The van der Waals surface area contributed by atoms with Crippen LogP contribution < -0.4 is 5.73 Å². The number of aryl methyl sites for hydroxylation is 1. The number of fused-ring (bicyclic) bond motifs is 1. The van der Waals surface area contributed by atoms with E-state index in [2.05, 4.69) is 32.0 Å². The second kappa shape index (κ2) is 4.31. The Hall–Kier alpha value is -0.900. The highest BCUT2D eigenvalue weighted by Crippen LogP contribution is 2.58. The molecular formula is C18H27NO2. The van der Waals surface area contributed by atoms with Crippen LogP contribution in [-0.2, 0) is 16.6 Å². The van der Waals surface area contributed by atoms with E-state index in [0.717, 1.165) is 12.8 Å². The monoisotopic (exact) mass is 289 g/mol. The highest BCUT2D eigenvalue weighted by Gasteiger charge is 2.67. The molecule has 0 amide bonds. The number of ether oxygens (including phenoxy) is 1. The summed E-state index contributed by atoms with van der Waals surface area (Å²) in [5.41, 5.74) is 6.45. The van der Waals surface area contributed by atoms with Gasteiger partial charge in [-0.2, -0.15) is 0 Å². The second-order valence-electron chi connectivity index (χ2n) is 7.85. The Morgan fingerprint density at radius 2 is 1.86 bits per heavy atom. The van der Waals surface area contributed by atoms with Gasteiger partial charge in [-0.3, -0.25) is 0 Å². The van der Waals surface area contributed by atoms with Gasteiger partial charge in [-0.15, -0.1) is 0 Å². The number of hydrogen-bond donors (Lipinski definition) is 2. The zero-order valence-electron chi connectivity index (χ0n) is 13.6. The molecule has 1 aromatic rings. The Balaban J connectivity index is 2.18. The van der Waals surface area contributed by atoms with Crippen LogP contribution in [0.4, 0.5) is 0 Å². The van der Waals surface area contributed by atoms with Crippen molar-refractivity contribution < 1.29 is 9.84 Å². The standard InChI is InChI=1S/C18H27NO2/c1-15(2)11-18(20,16(3,4)21-15)17(12-19)10-9-13-7-5-6-8-14(13)17/h5-8,20H,9-12,19H2,1-4H3. The molecule has 116 valence electrons. The predicted octanol–water partition coefficient (Wildman–Crippen LogP) is 2.54. The normalized spacial score (nSPS) is 36.7. The van der Waals surface area contributed by atoms with Crippen molar-refractivity contribution in [2.24, 2.45) is 5.73 Å². The van der Waals surface area contributed by atoms with E-state index < -0.39 is 16.6 Å². The molecule has 0 spiro atoms. The van der Waals surface area contributed by atoms with Crippen molar-refractivity contribution in [1.29, 1.82) is 0 Å². The third kappa shape index (κ3) is 1.84. The molecule has 2 atom stereocenters. The SMILES string of the molecule is CC1(C)CC(O)(C2(CN)CCc3ccccc32)C(C)(C)O1. The number of rotatable bonds is 2. The molecule has 1 saturated heterocycles. The Morgan fingerprint density at radius 3 is 2.43 bits per heavy atom. The van der Waals surface area contributed by atoms with Crippen LogP contribution in [0.1, 0.15) is 51.7 Å². The predicted molar refractivity (Wildman–Crippen MR) is 84.3 cm³/mol. The number of hydrogen-bond acceptors (Lipinski definition) is 3. The van der Waals surface area contributed by atoms with Gasteiger partial charge in [-0.25, -0.2) is 0 Å². The Kier molecular flexibility index (Phi) is 3.08. The Morgan fingerprint density at radius 1 is 1.19 bits per heavy atom. The summed E-state index contributed by atoms with van der Waals surface area (Å²) in [5.74, 6) is 0. The molecular weight excluding hydrogens is 262 g/mol. The molecule has 1 fully saturated rings. The third-order valence-corrected chi connectivity index (χ3v) is 5.70. The van der Waals surface area contributed by atoms with Gasteiger partial charge in [0.15, 0.2) is 0 Å². The van der Waals surface area contributed by atoms with Crippen LogP contribution in [0, 0.1) is 0 Å². The van der Waals surface area contributed by atoms with Crippen LogP contribution in [0.5, 0.6) is 0 Å². The van der Waals surface area contributed by atoms with E-state index in [4.69, 9.17) is 10.5 Å². The first kappa shape index (κ1) is 15.0. The molecule has 2 unspecified atom stereocenters. The van der Waals surface area contributed by atoms with Gasteiger partial charge < -0.3 is 15.6 Å². The fourth-order valence-corrected chi connectivity index (χ4v) is 4.88. The van der Waals surface area contributed by atoms with Crippen molar-refractivity contribution in [2.45, 2.75) is 69.2 Å². The van der Waals surface area contributed by atoms with Gasteiger partial charge in [0.25, 0.3) is 0 Å². The van der Waals surface area contributed by atoms with E-state index >= 15 is 0 Å². The summed E-state index contributed by atoms with van der Waals surface area (Å²) >= 11 is 0. The highest BCUT2D eigenvalue weighted by molar-refractivity contribution is 5.44. The molecule has 0 aromatic heterocycles. The minimum absolute atomic E-state index is 0.335.